The number of fused-ring (bicyclic) bond motifs is 1. The van der Waals surface area contributed by atoms with E-state index >= 15 is 0 Å². The van der Waals surface area contributed by atoms with Crippen molar-refractivity contribution in [1.82, 2.24) is 9.80 Å². The smallest absolute Gasteiger partial charge is 0.331 e. The van der Waals surface area contributed by atoms with Gasteiger partial charge in [0.2, 0.25) is 11.8 Å². The number of carbonyl (C=O) groups is 4. The standard InChI is InChI=1S/C20H20N2O5/c1-12-10-16(23)21(18(12)24)14-8-5-9-17-22(19(14)25)15(20(26)27-17)11-13-6-3-2-4-7-13/h2-4,6-7,14-15,17H,1,5,8-11H2. The number of benzene rings is 1. The Labute approximate surface area is 156 Å². The topological polar surface area (TPSA) is 84.0 Å². The summed E-state index contributed by atoms with van der Waals surface area (Å²) in [6, 6.07) is 7.74. The summed E-state index contributed by atoms with van der Waals surface area (Å²) in [5.41, 5.74) is 1.11. The molecule has 1 aromatic carbocycles. The number of carbonyl (C=O) groups excluding carboxylic acids is 4. The highest BCUT2D eigenvalue weighted by molar-refractivity contribution is 6.15. The van der Waals surface area contributed by atoms with E-state index in [1.165, 1.54) is 4.90 Å². The van der Waals surface area contributed by atoms with Crippen molar-refractivity contribution in [3.05, 3.63) is 48.0 Å². The van der Waals surface area contributed by atoms with Gasteiger partial charge in [0.1, 0.15) is 12.1 Å². The lowest BCUT2D eigenvalue weighted by atomic mass is 10.0. The number of esters is 1. The molecule has 7 nitrogen and oxygen atoms in total. The molecule has 0 aliphatic carbocycles. The lowest BCUT2D eigenvalue weighted by molar-refractivity contribution is -0.152. The predicted molar refractivity (Wildman–Crippen MR) is 93.9 cm³/mol. The minimum absolute atomic E-state index is 0.0606. The molecule has 0 radical (unpaired) electrons. The van der Waals surface area contributed by atoms with E-state index in [1.807, 2.05) is 30.3 Å². The fourth-order valence-electron chi connectivity index (χ4n) is 4.06. The maximum absolute atomic E-state index is 13.3. The van der Waals surface area contributed by atoms with E-state index in [1.54, 1.807) is 0 Å². The van der Waals surface area contributed by atoms with E-state index in [9.17, 15) is 19.2 Å². The van der Waals surface area contributed by atoms with Gasteiger partial charge in [0, 0.05) is 18.4 Å². The van der Waals surface area contributed by atoms with Crippen molar-refractivity contribution < 1.29 is 23.9 Å². The summed E-state index contributed by atoms with van der Waals surface area (Å²) >= 11 is 0. The van der Waals surface area contributed by atoms with Crippen molar-refractivity contribution >= 4 is 23.7 Å². The molecule has 3 saturated heterocycles. The molecule has 3 amide bonds. The van der Waals surface area contributed by atoms with Crippen molar-refractivity contribution in [2.24, 2.45) is 0 Å². The van der Waals surface area contributed by atoms with E-state index in [0.29, 0.717) is 25.7 Å². The highest BCUT2D eigenvalue weighted by Crippen LogP contribution is 2.33. The van der Waals surface area contributed by atoms with Gasteiger partial charge in [-0.25, -0.2) is 4.79 Å². The Morgan fingerprint density at radius 3 is 2.48 bits per heavy atom. The highest BCUT2D eigenvalue weighted by Gasteiger charge is 2.51. The summed E-state index contributed by atoms with van der Waals surface area (Å²) in [4.78, 5) is 52.8. The quantitative estimate of drug-likeness (QED) is 0.454. The van der Waals surface area contributed by atoms with Crippen LogP contribution in [0.3, 0.4) is 0 Å². The molecule has 3 aliphatic rings. The molecular formula is C20H20N2O5. The van der Waals surface area contributed by atoms with Gasteiger partial charge in [-0.1, -0.05) is 36.9 Å². The van der Waals surface area contributed by atoms with Crippen LogP contribution in [0, 0.1) is 0 Å². The van der Waals surface area contributed by atoms with Gasteiger partial charge in [0.25, 0.3) is 5.91 Å². The summed E-state index contributed by atoms with van der Waals surface area (Å²) in [6.45, 7) is 3.61. The Morgan fingerprint density at radius 2 is 1.81 bits per heavy atom. The van der Waals surface area contributed by atoms with Gasteiger partial charge in [-0.05, 0) is 18.4 Å². The molecule has 0 aromatic heterocycles. The van der Waals surface area contributed by atoms with Crippen molar-refractivity contribution in [2.75, 3.05) is 0 Å². The normalized spacial score (nSPS) is 28.4. The van der Waals surface area contributed by atoms with Crippen molar-refractivity contribution in [3.8, 4) is 0 Å². The van der Waals surface area contributed by atoms with Crippen LogP contribution in [-0.4, -0.2) is 51.8 Å². The zero-order valence-corrected chi connectivity index (χ0v) is 14.8. The maximum atomic E-state index is 13.3. The summed E-state index contributed by atoms with van der Waals surface area (Å²) in [5.74, 6) is -1.75. The van der Waals surface area contributed by atoms with Crippen LogP contribution < -0.4 is 0 Å². The summed E-state index contributed by atoms with van der Waals surface area (Å²) < 4.78 is 5.45. The molecule has 0 saturated carbocycles. The van der Waals surface area contributed by atoms with Crippen LogP contribution in [0.15, 0.2) is 42.5 Å². The summed E-state index contributed by atoms with van der Waals surface area (Å²) in [6.07, 6.45) is 1.08. The number of amides is 3. The van der Waals surface area contributed by atoms with Crippen molar-refractivity contribution in [1.29, 1.82) is 0 Å². The van der Waals surface area contributed by atoms with E-state index < -0.39 is 42.0 Å². The third-order valence-corrected chi connectivity index (χ3v) is 5.38. The molecule has 3 atom stereocenters. The van der Waals surface area contributed by atoms with E-state index in [2.05, 4.69) is 6.58 Å². The van der Waals surface area contributed by atoms with Crippen molar-refractivity contribution in [2.45, 2.75) is 50.4 Å². The third kappa shape index (κ3) is 2.93. The first-order valence-corrected chi connectivity index (χ1v) is 9.08. The number of rotatable bonds is 3. The number of imide groups is 1. The fraction of sp³-hybridized carbons (Fsp3) is 0.400. The molecule has 3 fully saturated rings. The molecule has 140 valence electrons. The highest BCUT2D eigenvalue weighted by atomic mass is 16.6. The SMILES string of the molecule is C=C1CC(=O)N(C2CCCC3OC(=O)C(Cc4ccccc4)N3C2=O)C1=O. The van der Waals surface area contributed by atoms with Gasteiger partial charge in [-0.15, -0.1) is 0 Å². The van der Waals surface area contributed by atoms with Crippen molar-refractivity contribution in [3.63, 3.8) is 0 Å². The lowest BCUT2D eigenvalue weighted by Gasteiger charge is -2.30. The Hall–Kier alpha value is -2.96. The van der Waals surface area contributed by atoms with E-state index in [-0.39, 0.29) is 12.0 Å². The fourth-order valence-corrected chi connectivity index (χ4v) is 4.06. The zero-order valence-electron chi connectivity index (χ0n) is 14.8. The van der Waals surface area contributed by atoms with E-state index in [0.717, 1.165) is 10.5 Å². The Bertz CT molecular complexity index is 834. The minimum Gasteiger partial charge on any atom is -0.440 e. The maximum Gasteiger partial charge on any atom is 0.331 e. The first-order valence-electron chi connectivity index (χ1n) is 9.08. The number of nitrogens with zero attached hydrogens (tertiary/aromatic N) is 2. The van der Waals surface area contributed by atoms with Crippen LogP contribution in [-0.2, 0) is 30.3 Å². The average Bonchev–Trinajstić information content (AvgIpc) is 3.02. The molecule has 7 heteroatoms. The first kappa shape index (κ1) is 17.5. The molecular weight excluding hydrogens is 348 g/mol. The van der Waals surface area contributed by atoms with Crippen LogP contribution in [0.4, 0.5) is 0 Å². The number of hydrogen-bond donors (Lipinski definition) is 0. The molecule has 1 aromatic rings. The second kappa shape index (κ2) is 6.64. The Morgan fingerprint density at radius 1 is 1.07 bits per heavy atom. The molecule has 3 heterocycles. The number of ether oxygens (including phenoxy) is 1. The molecule has 27 heavy (non-hydrogen) atoms. The second-order valence-corrected chi connectivity index (χ2v) is 7.14. The largest absolute Gasteiger partial charge is 0.440 e. The number of hydrogen-bond acceptors (Lipinski definition) is 5. The van der Waals surface area contributed by atoms with Gasteiger partial charge >= 0.3 is 5.97 Å². The molecule has 4 rings (SSSR count). The molecule has 3 unspecified atom stereocenters. The summed E-state index contributed by atoms with van der Waals surface area (Å²) in [7, 11) is 0. The van der Waals surface area contributed by atoms with Crippen LogP contribution in [0.2, 0.25) is 0 Å². The average molecular weight is 368 g/mol. The van der Waals surface area contributed by atoms with E-state index in [4.69, 9.17) is 4.74 Å². The summed E-state index contributed by atoms with van der Waals surface area (Å²) in [5, 5.41) is 0. The Balaban J connectivity index is 1.63. The predicted octanol–water partition coefficient (Wildman–Crippen LogP) is 1.18. The van der Waals surface area contributed by atoms with Crippen LogP contribution >= 0.6 is 0 Å². The third-order valence-electron chi connectivity index (χ3n) is 5.38. The second-order valence-electron chi connectivity index (χ2n) is 7.14. The zero-order chi connectivity index (χ0) is 19.1. The minimum atomic E-state index is -0.901. The molecule has 0 bridgehead atoms. The molecule has 0 spiro atoms. The number of likely N-dealkylation sites (tertiary alicyclic amines) is 1. The van der Waals surface area contributed by atoms with Crippen LogP contribution in [0.25, 0.3) is 0 Å². The monoisotopic (exact) mass is 368 g/mol. The lowest BCUT2D eigenvalue weighted by Crippen LogP contribution is -2.53. The van der Waals surface area contributed by atoms with Gasteiger partial charge < -0.3 is 4.74 Å². The Kier molecular flexibility index (Phi) is 4.30. The van der Waals surface area contributed by atoms with Gasteiger partial charge in [-0.3, -0.25) is 24.2 Å². The first-order chi connectivity index (χ1) is 13.0. The van der Waals surface area contributed by atoms with Gasteiger partial charge in [-0.2, -0.15) is 0 Å². The van der Waals surface area contributed by atoms with Crippen LogP contribution in [0.1, 0.15) is 31.2 Å². The molecule has 0 N–H and O–H groups in total. The van der Waals surface area contributed by atoms with Gasteiger partial charge in [0.05, 0.1) is 6.42 Å². The molecule has 3 aliphatic heterocycles. The van der Waals surface area contributed by atoms with Crippen LogP contribution in [0.5, 0.6) is 0 Å². The van der Waals surface area contributed by atoms with Gasteiger partial charge in [0.15, 0.2) is 6.23 Å².